The van der Waals surface area contributed by atoms with Crippen molar-refractivity contribution in [1.82, 2.24) is 15.5 Å². The highest BCUT2D eigenvalue weighted by Crippen LogP contribution is 2.30. The predicted octanol–water partition coefficient (Wildman–Crippen LogP) is -0.296. The molecular weight excluding hydrogens is 361 g/mol. The fourth-order valence-corrected chi connectivity index (χ4v) is 3.78. The van der Waals surface area contributed by atoms with Crippen LogP contribution in [0.5, 0.6) is 0 Å². The van der Waals surface area contributed by atoms with E-state index >= 15 is 0 Å². The van der Waals surface area contributed by atoms with Gasteiger partial charge >= 0.3 is 7.12 Å². The van der Waals surface area contributed by atoms with E-state index in [4.69, 9.17) is 0 Å². The van der Waals surface area contributed by atoms with E-state index < -0.39 is 19.1 Å². The quantitative estimate of drug-likeness (QED) is 0.480. The van der Waals surface area contributed by atoms with Gasteiger partial charge in [0.1, 0.15) is 6.04 Å². The van der Waals surface area contributed by atoms with Crippen LogP contribution in [0.4, 0.5) is 0 Å². The van der Waals surface area contributed by atoms with Crippen molar-refractivity contribution < 1.29 is 24.4 Å². The van der Waals surface area contributed by atoms with Crippen LogP contribution in [-0.2, 0) is 9.59 Å². The van der Waals surface area contributed by atoms with E-state index in [2.05, 4.69) is 10.6 Å². The van der Waals surface area contributed by atoms with Crippen LogP contribution in [-0.4, -0.2) is 64.9 Å². The number of hydrogen-bond donors (Lipinski definition) is 4. The Labute approximate surface area is 164 Å². The minimum absolute atomic E-state index is 0.0552. The first-order valence-corrected chi connectivity index (χ1v) is 9.76. The van der Waals surface area contributed by atoms with Crippen LogP contribution in [0.25, 0.3) is 0 Å². The van der Waals surface area contributed by atoms with E-state index in [0.717, 1.165) is 19.3 Å². The van der Waals surface area contributed by atoms with Gasteiger partial charge < -0.3 is 25.6 Å². The highest BCUT2D eigenvalue weighted by Gasteiger charge is 2.40. The maximum absolute atomic E-state index is 12.7. The molecule has 8 nitrogen and oxygen atoms in total. The van der Waals surface area contributed by atoms with Crippen molar-refractivity contribution in [2.24, 2.45) is 5.92 Å². The van der Waals surface area contributed by atoms with Crippen molar-refractivity contribution in [3.05, 3.63) is 35.9 Å². The van der Waals surface area contributed by atoms with Gasteiger partial charge in [0.2, 0.25) is 11.8 Å². The molecular formula is C19H26BN3O5. The molecule has 2 aliphatic rings. The minimum atomic E-state index is -1.62. The Hall–Kier alpha value is -2.39. The molecule has 1 aliphatic heterocycles. The van der Waals surface area contributed by atoms with Crippen LogP contribution in [0, 0.1) is 5.92 Å². The number of benzene rings is 1. The fourth-order valence-electron chi connectivity index (χ4n) is 3.78. The molecule has 3 rings (SSSR count). The Morgan fingerprint density at radius 2 is 1.82 bits per heavy atom. The second kappa shape index (κ2) is 9.21. The van der Waals surface area contributed by atoms with Gasteiger partial charge in [-0.15, -0.1) is 0 Å². The predicted molar refractivity (Wildman–Crippen MR) is 103 cm³/mol. The molecule has 2 fully saturated rings. The van der Waals surface area contributed by atoms with Crippen molar-refractivity contribution in [1.29, 1.82) is 0 Å². The molecule has 1 aliphatic carbocycles. The molecule has 1 saturated carbocycles. The summed E-state index contributed by atoms with van der Waals surface area (Å²) in [5.74, 6) is -1.70. The third kappa shape index (κ3) is 4.71. The Morgan fingerprint density at radius 1 is 1.11 bits per heavy atom. The number of carbonyl (C=O) groups excluding carboxylic acids is 3. The summed E-state index contributed by atoms with van der Waals surface area (Å²) in [6.07, 6.45) is 3.91. The van der Waals surface area contributed by atoms with Crippen LogP contribution in [0.2, 0.25) is 0 Å². The van der Waals surface area contributed by atoms with Gasteiger partial charge in [0.15, 0.2) is 0 Å². The largest absolute Gasteiger partial charge is 0.475 e. The van der Waals surface area contributed by atoms with Gasteiger partial charge in [-0.2, -0.15) is 0 Å². The van der Waals surface area contributed by atoms with Crippen LogP contribution in [0.1, 0.15) is 42.5 Å². The SMILES string of the molecule is O=C(NCC(=O)N1CCCC1C(=O)NC(B(O)O)C1CCC1)c1ccccc1. The van der Waals surface area contributed by atoms with Crippen molar-refractivity contribution in [3.63, 3.8) is 0 Å². The smallest absolute Gasteiger partial charge is 0.426 e. The van der Waals surface area contributed by atoms with E-state index in [1.807, 2.05) is 0 Å². The summed E-state index contributed by atoms with van der Waals surface area (Å²) in [6, 6.07) is 7.95. The van der Waals surface area contributed by atoms with Crippen LogP contribution >= 0.6 is 0 Å². The summed E-state index contributed by atoms with van der Waals surface area (Å²) in [5.41, 5.74) is 0.464. The molecule has 2 unspecified atom stereocenters. The second-order valence-corrected chi connectivity index (χ2v) is 7.43. The Bertz CT molecular complexity index is 711. The van der Waals surface area contributed by atoms with Crippen molar-refractivity contribution in [2.75, 3.05) is 13.1 Å². The topological polar surface area (TPSA) is 119 Å². The molecule has 1 saturated heterocycles. The van der Waals surface area contributed by atoms with E-state index in [1.165, 1.54) is 4.90 Å². The van der Waals surface area contributed by atoms with Gasteiger partial charge in [-0.05, 0) is 43.7 Å². The molecule has 0 aromatic heterocycles. The van der Waals surface area contributed by atoms with Crippen LogP contribution in [0.15, 0.2) is 30.3 Å². The zero-order valence-corrected chi connectivity index (χ0v) is 15.7. The maximum Gasteiger partial charge on any atom is 0.475 e. The lowest BCUT2D eigenvalue weighted by atomic mass is 9.64. The third-order valence-electron chi connectivity index (χ3n) is 5.60. The van der Waals surface area contributed by atoms with Crippen LogP contribution in [0.3, 0.4) is 0 Å². The zero-order chi connectivity index (χ0) is 20.1. The van der Waals surface area contributed by atoms with Gasteiger partial charge in [-0.25, -0.2) is 0 Å². The molecule has 0 radical (unpaired) electrons. The Balaban J connectivity index is 1.54. The highest BCUT2D eigenvalue weighted by atomic mass is 16.4. The number of nitrogens with one attached hydrogen (secondary N) is 2. The number of carbonyl (C=O) groups is 3. The van der Waals surface area contributed by atoms with Gasteiger partial charge in [0.25, 0.3) is 5.91 Å². The Morgan fingerprint density at radius 3 is 2.43 bits per heavy atom. The first-order valence-electron chi connectivity index (χ1n) is 9.76. The second-order valence-electron chi connectivity index (χ2n) is 7.43. The Kier molecular flexibility index (Phi) is 6.69. The van der Waals surface area contributed by atoms with Gasteiger partial charge in [0, 0.05) is 12.1 Å². The molecule has 0 bridgehead atoms. The number of likely N-dealkylation sites (tertiary alicyclic amines) is 1. The fraction of sp³-hybridized carbons (Fsp3) is 0.526. The van der Waals surface area contributed by atoms with Gasteiger partial charge in [-0.3, -0.25) is 14.4 Å². The summed E-state index contributed by atoms with van der Waals surface area (Å²) in [5, 5.41) is 24.5. The molecule has 4 N–H and O–H groups in total. The van der Waals surface area contributed by atoms with Crippen molar-refractivity contribution in [2.45, 2.75) is 44.1 Å². The summed E-state index contributed by atoms with van der Waals surface area (Å²) in [7, 11) is -1.62. The van der Waals surface area contributed by atoms with Crippen molar-refractivity contribution in [3.8, 4) is 0 Å². The van der Waals surface area contributed by atoms with E-state index in [9.17, 15) is 24.4 Å². The van der Waals surface area contributed by atoms with Crippen LogP contribution < -0.4 is 10.6 Å². The summed E-state index contributed by atoms with van der Waals surface area (Å²) in [4.78, 5) is 38.8. The molecule has 9 heteroatoms. The number of rotatable bonds is 7. The standard InChI is InChI=1S/C19H26BN3O5/c24-16(12-21-18(25)14-6-2-1-3-7-14)23-11-5-10-15(23)19(26)22-17(20(27)28)13-8-4-9-13/h1-3,6-7,13,15,17,27-28H,4-5,8-12H2,(H,21,25)(H,22,26). The third-order valence-corrected chi connectivity index (χ3v) is 5.60. The first-order chi connectivity index (χ1) is 13.5. The lowest BCUT2D eigenvalue weighted by Gasteiger charge is -2.35. The van der Waals surface area contributed by atoms with E-state index in [1.54, 1.807) is 30.3 Å². The summed E-state index contributed by atoms with van der Waals surface area (Å²) < 4.78 is 0. The van der Waals surface area contributed by atoms with Crippen molar-refractivity contribution >= 4 is 24.8 Å². The molecule has 1 aromatic rings. The normalized spacial score (nSPS) is 20.2. The summed E-state index contributed by atoms with van der Waals surface area (Å²) in [6.45, 7) is 0.250. The number of nitrogens with zero attached hydrogens (tertiary/aromatic N) is 1. The van der Waals surface area contributed by atoms with Gasteiger partial charge in [0.05, 0.1) is 12.5 Å². The maximum atomic E-state index is 12.7. The minimum Gasteiger partial charge on any atom is -0.426 e. The summed E-state index contributed by atoms with van der Waals surface area (Å²) >= 11 is 0. The first kappa shape index (κ1) is 20.4. The average Bonchev–Trinajstić information content (AvgIpc) is 3.14. The molecule has 28 heavy (non-hydrogen) atoms. The van der Waals surface area contributed by atoms with E-state index in [-0.39, 0.29) is 30.2 Å². The molecule has 1 heterocycles. The number of hydrogen-bond acceptors (Lipinski definition) is 5. The molecule has 3 amide bonds. The molecule has 1 aromatic carbocycles. The van der Waals surface area contributed by atoms with Gasteiger partial charge in [-0.1, -0.05) is 24.6 Å². The zero-order valence-electron chi connectivity index (χ0n) is 15.7. The van der Waals surface area contributed by atoms with E-state index in [0.29, 0.717) is 24.9 Å². The molecule has 150 valence electrons. The molecule has 0 spiro atoms. The lowest BCUT2D eigenvalue weighted by molar-refractivity contribution is -0.138. The monoisotopic (exact) mass is 387 g/mol. The average molecular weight is 387 g/mol. The molecule has 2 atom stereocenters. The lowest BCUT2D eigenvalue weighted by Crippen LogP contribution is -2.57. The number of amides is 3. The highest BCUT2D eigenvalue weighted by molar-refractivity contribution is 6.43.